The first-order chi connectivity index (χ1) is 17.3. The summed E-state index contributed by atoms with van der Waals surface area (Å²) >= 11 is 0. The smallest absolute Gasteiger partial charge is 0.325 e. The van der Waals surface area contributed by atoms with Gasteiger partial charge in [-0.2, -0.15) is 0 Å². The van der Waals surface area contributed by atoms with Crippen molar-refractivity contribution in [3.8, 4) is 5.75 Å². The second-order valence-corrected chi connectivity index (χ2v) is 9.37. The van der Waals surface area contributed by atoms with Gasteiger partial charge in [0.15, 0.2) is 0 Å². The number of methoxy groups -OCH3 is 1. The number of imide groups is 1. The second-order valence-electron chi connectivity index (χ2n) is 9.37. The maximum Gasteiger partial charge on any atom is 0.325 e. The zero-order valence-corrected chi connectivity index (χ0v) is 20.7. The Bertz CT molecular complexity index is 1110. The summed E-state index contributed by atoms with van der Waals surface area (Å²) in [4.78, 5) is 54.6. The highest BCUT2D eigenvalue weighted by Crippen LogP contribution is 2.33. The van der Waals surface area contributed by atoms with Crippen molar-refractivity contribution < 1.29 is 23.9 Å². The molecule has 2 aromatic carbocycles. The Hall–Kier alpha value is -3.88. The van der Waals surface area contributed by atoms with Crippen molar-refractivity contribution in [1.29, 1.82) is 0 Å². The molecule has 2 aromatic rings. The highest BCUT2D eigenvalue weighted by Gasteiger charge is 2.51. The standard InChI is InChI=1S/C27H32N4O5/c1-30(20-11-13-21(36-2)14-12-20)24(33)22(17-19-9-5-3-6-10-19)28-23(32)18-31-25(34)27(29-26(31)35)15-7-4-8-16-27/h3,5-6,9-14,22H,4,7-8,15-18H2,1-2H3,(H,28,32)(H,29,35)/t22-/m0/s1. The van der Waals surface area contributed by atoms with Crippen LogP contribution in [-0.2, 0) is 20.8 Å². The quantitative estimate of drug-likeness (QED) is 0.551. The zero-order valence-electron chi connectivity index (χ0n) is 20.7. The fourth-order valence-electron chi connectivity index (χ4n) is 4.91. The van der Waals surface area contributed by atoms with Gasteiger partial charge in [0.25, 0.3) is 5.91 Å². The number of hydrogen-bond acceptors (Lipinski definition) is 5. The summed E-state index contributed by atoms with van der Waals surface area (Å²) in [6.45, 7) is -0.433. The fourth-order valence-corrected chi connectivity index (χ4v) is 4.91. The molecule has 1 aliphatic heterocycles. The van der Waals surface area contributed by atoms with Gasteiger partial charge in [-0.05, 0) is 42.7 Å². The number of nitrogens with zero attached hydrogens (tertiary/aromatic N) is 2. The summed E-state index contributed by atoms with van der Waals surface area (Å²) in [6, 6.07) is 14.9. The van der Waals surface area contributed by atoms with Gasteiger partial charge < -0.3 is 20.3 Å². The normalized spacial score (nSPS) is 17.4. The Balaban J connectivity index is 1.48. The summed E-state index contributed by atoms with van der Waals surface area (Å²) in [5, 5.41) is 5.58. The number of likely N-dealkylation sites (N-methyl/N-ethyl adjacent to an activating group) is 1. The van der Waals surface area contributed by atoms with E-state index in [2.05, 4.69) is 10.6 Å². The minimum Gasteiger partial charge on any atom is -0.497 e. The number of hydrogen-bond donors (Lipinski definition) is 2. The minimum atomic E-state index is -0.899. The van der Waals surface area contributed by atoms with E-state index >= 15 is 0 Å². The van der Waals surface area contributed by atoms with Crippen molar-refractivity contribution in [3.63, 3.8) is 0 Å². The van der Waals surface area contributed by atoms with E-state index < -0.39 is 30.1 Å². The maximum absolute atomic E-state index is 13.5. The lowest BCUT2D eigenvalue weighted by Crippen LogP contribution is -2.52. The van der Waals surface area contributed by atoms with Gasteiger partial charge in [0.05, 0.1) is 7.11 Å². The predicted octanol–water partition coefficient (Wildman–Crippen LogP) is 2.64. The number of urea groups is 1. The van der Waals surface area contributed by atoms with Crippen LogP contribution in [0.1, 0.15) is 37.7 Å². The van der Waals surface area contributed by atoms with E-state index in [9.17, 15) is 19.2 Å². The molecule has 5 amide bonds. The van der Waals surface area contributed by atoms with Crippen LogP contribution in [0.3, 0.4) is 0 Å². The van der Waals surface area contributed by atoms with Crippen LogP contribution >= 0.6 is 0 Å². The molecule has 9 heteroatoms. The van der Waals surface area contributed by atoms with Crippen LogP contribution in [0.25, 0.3) is 0 Å². The number of carbonyl (C=O) groups excluding carboxylic acids is 4. The van der Waals surface area contributed by atoms with Crippen LogP contribution in [0, 0.1) is 0 Å². The van der Waals surface area contributed by atoms with E-state index in [4.69, 9.17) is 4.74 Å². The molecular formula is C27H32N4O5. The molecule has 36 heavy (non-hydrogen) atoms. The van der Waals surface area contributed by atoms with Crippen molar-refractivity contribution in [3.05, 3.63) is 60.2 Å². The Morgan fingerprint density at radius 3 is 2.36 bits per heavy atom. The number of carbonyl (C=O) groups is 4. The monoisotopic (exact) mass is 492 g/mol. The summed E-state index contributed by atoms with van der Waals surface area (Å²) < 4.78 is 5.19. The van der Waals surface area contributed by atoms with Gasteiger partial charge in [0.2, 0.25) is 11.8 Å². The van der Waals surface area contributed by atoms with Crippen LogP contribution in [0.5, 0.6) is 5.75 Å². The Morgan fingerprint density at radius 1 is 1.06 bits per heavy atom. The number of nitrogens with one attached hydrogen (secondary N) is 2. The average Bonchev–Trinajstić information content (AvgIpc) is 3.12. The molecule has 9 nitrogen and oxygen atoms in total. The third-order valence-corrected chi connectivity index (χ3v) is 6.96. The Kier molecular flexibility index (Phi) is 7.57. The largest absolute Gasteiger partial charge is 0.497 e. The highest BCUT2D eigenvalue weighted by molar-refractivity contribution is 6.09. The lowest BCUT2D eigenvalue weighted by atomic mass is 9.82. The molecule has 1 aliphatic carbocycles. The summed E-state index contributed by atoms with van der Waals surface area (Å²) in [5.74, 6) is -0.580. The first-order valence-electron chi connectivity index (χ1n) is 12.2. The molecule has 2 aliphatic rings. The van der Waals surface area contributed by atoms with Gasteiger partial charge in [-0.15, -0.1) is 0 Å². The van der Waals surface area contributed by atoms with Crippen molar-refractivity contribution in [2.24, 2.45) is 0 Å². The fraction of sp³-hybridized carbons (Fsp3) is 0.407. The molecule has 1 spiro atoms. The molecule has 4 rings (SSSR count). The summed E-state index contributed by atoms with van der Waals surface area (Å²) in [7, 11) is 3.20. The van der Waals surface area contributed by atoms with Gasteiger partial charge in [0.1, 0.15) is 23.9 Å². The second kappa shape index (κ2) is 10.8. The maximum atomic E-state index is 13.5. The number of rotatable bonds is 8. The third-order valence-electron chi connectivity index (χ3n) is 6.96. The van der Waals surface area contributed by atoms with Crippen LogP contribution in [0.2, 0.25) is 0 Å². The van der Waals surface area contributed by atoms with E-state index in [0.29, 0.717) is 24.3 Å². The summed E-state index contributed by atoms with van der Waals surface area (Å²) in [6.07, 6.45) is 4.16. The molecule has 1 saturated carbocycles. The van der Waals surface area contributed by atoms with E-state index in [0.717, 1.165) is 29.7 Å². The highest BCUT2D eigenvalue weighted by atomic mass is 16.5. The molecule has 0 radical (unpaired) electrons. The van der Waals surface area contributed by atoms with Gasteiger partial charge >= 0.3 is 6.03 Å². The number of anilines is 1. The molecule has 1 saturated heterocycles. The van der Waals surface area contributed by atoms with Gasteiger partial charge in [-0.3, -0.25) is 19.3 Å². The van der Waals surface area contributed by atoms with E-state index in [1.54, 1.807) is 38.4 Å². The third kappa shape index (κ3) is 5.35. The molecule has 1 atom stereocenters. The number of ether oxygens (including phenoxy) is 1. The topological polar surface area (TPSA) is 108 Å². The van der Waals surface area contributed by atoms with Crippen LogP contribution in [0.4, 0.5) is 10.5 Å². The van der Waals surface area contributed by atoms with E-state index in [1.807, 2.05) is 30.3 Å². The summed E-state index contributed by atoms with van der Waals surface area (Å²) in [5.41, 5.74) is 0.612. The number of benzene rings is 2. The van der Waals surface area contributed by atoms with Crippen LogP contribution < -0.4 is 20.3 Å². The Labute approximate surface area is 210 Å². The van der Waals surface area contributed by atoms with Gasteiger partial charge in [0, 0.05) is 19.2 Å². The molecular weight excluding hydrogens is 460 g/mol. The van der Waals surface area contributed by atoms with Crippen molar-refractivity contribution >= 4 is 29.4 Å². The molecule has 0 aromatic heterocycles. The molecule has 0 bridgehead atoms. The minimum absolute atomic E-state index is 0.260. The SMILES string of the molecule is COc1ccc(N(C)C(=O)[C@H](Cc2ccccc2)NC(=O)CN2C(=O)NC3(CCCCC3)C2=O)cc1. The van der Waals surface area contributed by atoms with E-state index in [-0.39, 0.29) is 18.2 Å². The molecule has 190 valence electrons. The Morgan fingerprint density at radius 2 is 1.72 bits per heavy atom. The molecule has 1 heterocycles. The van der Waals surface area contributed by atoms with Crippen molar-refractivity contribution in [1.82, 2.24) is 15.5 Å². The predicted molar refractivity (Wildman–Crippen MR) is 135 cm³/mol. The lowest BCUT2D eigenvalue weighted by molar-refractivity contribution is -0.136. The molecule has 2 fully saturated rings. The van der Waals surface area contributed by atoms with Gasteiger partial charge in [-0.1, -0.05) is 49.6 Å². The van der Waals surface area contributed by atoms with Crippen molar-refractivity contribution in [2.45, 2.75) is 50.1 Å². The first kappa shape index (κ1) is 25.2. The van der Waals surface area contributed by atoms with Crippen LogP contribution in [-0.4, -0.2) is 60.9 Å². The average molecular weight is 493 g/mol. The first-order valence-corrected chi connectivity index (χ1v) is 12.2. The van der Waals surface area contributed by atoms with Gasteiger partial charge in [-0.25, -0.2) is 4.79 Å². The molecule has 0 unspecified atom stereocenters. The van der Waals surface area contributed by atoms with Crippen LogP contribution in [0.15, 0.2) is 54.6 Å². The lowest BCUT2D eigenvalue weighted by Gasteiger charge is -2.30. The molecule has 2 N–H and O–H groups in total. The number of amides is 5. The van der Waals surface area contributed by atoms with Crippen molar-refractivity contribution in [2.75, 3.05) is 25.6 Å². The van der Waals surface area contributed by atoms with E-state index in [1.165, 1.54) is 4.90 Å². The zero-order chi connectivity index (χ0) is 25.7.